The number of pyridine rings is 2. The highest BCUT2D eigenvalue weighted by Crippen LogP contribution is 2.39. The normalized spacial score (nSPS) is 17.6. The molecule has 0 unspecified atom stereocenters. The fourth-order valence-electron chi connectivity index (χ4n) is 4.40. The number of hydrogen-bond acceptors (Lipinski definition) is 6. The van der Waals surface area contributed by atoms with Crippen LogP contribution in [0, 0.1) is 0 Å². The third-order valence-electron chi connectivity index (χ3n) is 6.24. The second kappa shape index (κ2) is 13.5. The zero-order valence-corrected chi connectivity index (χ0v) is 20.3. The SMILES string of the molecule is O=C(O)C(F)(F)F.O=C(O)C(F)(F)F.c1cncc(CN2CCC3(CCCN3Cc3cccnc3)CC2)c1. The highest BCUT2D eigenvalue weighted by Gasteiger charge is 2.43. The summed E-state index contributed by atoms with van der Waals surface area (Å²) < 4.78 is 63.5. The van der Waals surface area contributed by atoms with Crippen molar-refractivity contribution in [2.24, 2.45) is 0 Å². The van der Waals surface area contributed by atoms with E-state index >= 15 is 0 Å². The van der Waals surface area contributed by atoms with Gasteiger partial charge in [0.1, 0.15) is 0 Å². The van der Waals surface area contributed by atoms with E-state index in [1.165, 1.54) is 56.4 Å². The Balaban J connectivity index is 0.000000301. The summed E-state index contributed by atoms with van der Waals surface area (Å²) in [4.78, 5) is 31.6. The van der Waals surface area contributed by atoms with Crippen LogP contribution in [0.5, 0.6) is 0 Å². The highest BCUT2D eigenvalue weighted by molar-refractivity contribution is 5.73. The molecule has 4 heterocycles. The van der Waals surface area contributed by atoms with Crippen molar-refractivity contribution in [2.45, 2.75) is 56.7 Å². The molecule has 0 aromatic carbocycles. The van der Waals surface area contributed by atoms with Crippen LogP contribution in [0.25, 0.3) is 0 Å². The van der Waals surface area contributed by atoms with Crippen molar-refractivity contribution in [3.05, 3.63) is 60.2 Å². The van der Waals surface area contributed by atoms with Gasteiger partial charge in [-0.15, -0.1) is 0 Å². The second-order valence-corrected chi connectivity index (χ2v) is 8.85. The summed E-state index contributed by atoms with van der Waals surface area (Å²) in [6, 6.07) is 8.47. The summed E-state index contributed by atoms with van der Waals surface area (Å²) in [5.74, 6) is -5.51. The van der Waals surface area contributed by atoms with E-state index in [-0.39, 0.29) is 0 Å². The molecule has 2 aromatic heterocycles. The molecule has 2 aliphatic rings. The predicted octanol–water partition coefficient (Wildman–Crippen LogP) is 4.37. The van der Waals surface area contributed by atoms with Gasteiger partial charge in [-0.05, 0) is 55.5 Å². The first kappa shape index (κ1) is 31.0. The Kier molecular flexibility index (Phi) is 11.0. The molecule has 0 amide bonds. The fourth-order valence-corrected chi connectivity index (χ4v) is 4.40. The van der Waals surface area contributed by atoms with Crippen molar-refractivity contribution in [1.29, 1.82) is 0 Å². The topological polar surface area (TPSA) is 107 Å². The number of carbonyl (C=O) groups is 2. The van der Waals surface area contributed by atoms with Crippen LogP contribution in [-0.4, -0.2) is 79.4 Å². The molecule has 2 saturated heterocycles. The molecule has 0 bridgehead atoms. The average molecular weight is 551 g/mol. The molecule has 38 heavy (non-hydrogen) atoms. The third kappa shape index (κ3) is 9.89. The lowest BCUT2D eigenvalue weighted by Gasteiger charge is -2.45. The minimum absolute atomic E-state index is 0.418. The Morgan fingerprint density at radius 1 is 0.789 bits per heavy atom. The average Bonchev–Trinajstić information content (AvgIpc) is 3.23. The van der Waals surface area contributed by atoms with E-state index in [1.54, 1.807) is 0 Å². The summed E-state index contributed by atoms with van der Waals surface area (Å²) in [6.07, 6.45) is 2.82. The van der Waals surface area contributed by atoms with E-state index in [1.807, 2.05) is 30.9 Å². The maximum atomic E-state index is 10.6. The van der Waals surface area contributed by atoms with Gasteiger partial charge in [0.25, 0.3) is 0 Å². The van der Waals surface area contributed by atoms with E-state index < -0.39 is 24.3 Å². The van der Waals surface area contributed by atoms with Crippen LogP contribution in [-0.2, 0) is 22.7 Å². The van der Waals surface area contributed by atoms with Crippen LogP contribution >= 0.6 is 0 Å². The van der Waals surface area contributed by atoms with Crippen LogP contribution < -0.4 is 0 Å². The summed E-state index contributed by atoms with van der Waals surface area (Å²) in [5.41, 5.74) is 3.09. The van der Waals surface area contributed by atoms with E-state index in [9.17, 15) is 26.3 Å². The number of aliphatic carboxylic acids is 2. The molecular formula is C24H28F6N4O4. The van der Waals surface area contributed by atoms with E-state index in [2.05, 4.69) is 38.0 Å². The summed E-state index contributed by atoms with van der Waals surface area (Å²) in [5, 5.41) is 14.2. The van der Waals surface area contributed by atoms with Gasteiger partial charge >= 0.3 is 24.3 Å². The molecule has 210 valence electrons. The first-order valence-electron chi connectivity index (χ1n) is 11.6. The molecule has 0 aliphatic carbocycles. The molecule has 0 radical (unpaired) electrons. The quantitative estimate of drug-likeness (QED) is 0.541. The van der Waals surface area contributed by atoms with Gasteiger partial charge in [0, 0.05) is 56.5 Å². The first-order valence-corrected chi connectivity index (χ1v) is 11.6. The largest absolute Gasteiger partial charge is 0.490 e. The number of aromatic nitrogens is 2. The van der Waals surface area contributed by atoms with E-state index in [0.717, 1.165) is 13.1 Å². The van der Waals surface area contributed by atoms with E-state index in [4.69, 9.17) is 19.8 Å². The van der Waals surface area contributed by atoms with Gasteiger partial charge in [-0.25, -0.2) is 9.59 Å². The van der Waals surface area contributed by atoms with Gasteiger partial charge in [0.05, 0.1) is 0 Å². The first-order chi connectivity index (χ1) is 17.7. The molecule has 1 spiro atoms. The molecule has 0 atom stereocenters. The van der Waals surface area contributed by atoms with Crippen molar-refractivity contribution >= 4 is 11.9 Å². The Hall–Kier alpha value is -3.26. The zero-order chi connectivity index (χ0) is 28.4. The lowest BCUT2D eigenvalue weighted by Crippen LogP contribution is -2.51. The zero-order valence-electron chi connectivity index (χ0n) is 20.3. The number of nitrogens with zero attached hydrogens (tertiary/aromatic N) is 4. The number of likely N-dealkylation sites (tertiary alicyclic amines) is 2. The number of rotatable bonds is 4. The molecule has 0 saturated carbocycles. The van der Waals surface area contributed by atoms with Crippen molar-refractivity contribution in [3.63, 3.8) is 0 Å². The fraction of sp³-hybridized carbons (Fsp3) is 0.500. The van der Waals surface area contributed by atoms with Crippen molar-refractivity contribution in [2.75, 3.05) is 19.6 Å². The smallest absolute Gasteiger partial charge is 0.475 e. The second-order valence-electron chi connectivity index (χ2n) is 8.85. The van der Waals surface area contributed by atoms with Crippen LogP contribution in [0.4, 0.5) is 26.3 Å². The van der Waals surface area contributed by atoms with Crippen molar-refractivity contribution in [3.8, 4) is 0 Å². The molecule has 2 fully saturated rings. The molecule has 2 N–H and O–H groups in total. The maximum absolute atomic E-state index is 10.6. The van der Waals surface area contributed by atoms with Crippen LogP contribution in [0.3, 0.4) is 0 Å². The molecule has 8 nitrogen and oxygen atoms in total. The number of carboxylic acids is 2. The number of alkyl halides is 6. The summed E-state index contributed by atoms with van der Waals surface area (Å²) >= 11 is 0. The van der Waals surface area contributed by atoms with Gasteiger partial charge < -0.3 is 10.2 Å². The molecular weight excluding hydrogens is 522 g/mol. The highest BCUT2D eigenvalue weighted by atomic mass is 19.4. The number of carboxylic acid groups (broad SMARTS) is 2. The van der Waals surface area contributed by atoms with Gasteiger partial charge in [-0.2, -0.15) is 26.3 Å². The van der Waals surface area contributed by atoms with Crippen LogP contribution in [0.2, 0.25) is 0 Å². The maximum Gasteiger partial charge on any atom is 0.490 e. The molecule has 2 aromatic rings. The van der Waals surface area contributed by atoms with Crippen molar-refractivity contribution in [1.82, 2.24) is 19.8 Å². The van der Waals surface area contributed by atoms with Gasteiger partial charge in [0.15, 0.2) is 0 Å². The van der Waals surface area contributed by atoms with Gasteiger partial charge in [0.2, 0.25) is 0 Å². The van der Waals surface area contributed by atoms with Gasteiger partial charge in [-0.1, -0.05) is 12.1 Å². The third-order valence-corrected chi connectivity index (χ3v) is 6.24. The summed E-state index contributed by atoms with van der Waals surface area (Å²) in [6.45, 7) is 5.71. The van der Waals surface area contributed by atoms with E-state index in [0.29, 0.717) is 5.54 Å². The Morgan fingerprint density at radius 3 is 1.63 bits per heavy atom. The Morgan fingerprint density at radius 2 is 1.24 bits per heavy atom. The minimum atomic E-state index is -5.08. The molecule has 14 heteroatoms. The lowest BCUT2D eigenvalue weighted by molar-refractivity contribution is -0.193. The van der Waals surface area contributed by atoms with Gasteiger partial charge in [-0.3, -0.25) is 19.8 Å². The monoisotopic (exact) mass is 550 g/mol. The van der Waals surface area contributed by atoms with Crippen LogP contribution in [0.15, 0.2) is 49.1 Å². The predicted molar refractivity (Wildman–Crippen MR) is 123 cm³/mol. The molecule has 2 aliphatic heterocycles. The Bertz CT molecular complexity index is 990. The molecule has 4 rings (SSSR count). The van der Waals surface area contributed by atoms with Crippen LogP contribution in [0.1, 0.15) is 36.8 Å². The Labute approximate surface area is 214 Å². The summed E-state index contributed by atoms with van der Waals surface area (Å²) in [7, 11) is 0. The minimum Gasteiger partial charge on any atom is -0.475 e. The number of halogens is 6. The number of piperidine rings is 1. The number of hydrogen-bond donors (Lipinski definition) is 2. The lowest BCUT2D eigenvalue weighted by atomic mass is 9.84. The van der Waals surface area contributed by atoms with Crippen molar-refractivity contribution < 1.29 is 46.1 Å². The standard InChI is InChI=1S/C20H26N4.2C2HF3O2/c1-4-18(14-21-9-1)16-23-12-7-20(8-13-23)6-3-11-24(20)17-19-5-2-10-22-15-19;2*3-2(4,5)1(6)7/h1-2,4-5,9-10,14-15H,3,6-8,11-13,16-17H2;2*(H,6,7).